The Hall–Kier alpha value is -1.93. The Kier molecular flexibility index (Phi) is 7.16. The lowest BCUT2D eigenvalue weighted by Crippen LogP contribution is -2.46. The average Bonchev–Trinajstić information content (AvgIpc) is 2.77. The second-order valence-corrected chi connectivity index (χ2v) is 7.81. The molecule has 1 aromatic carbocycles. The zero-order valence-electron chi connectivity index (χ0n) is 16.7. The molecular weight excluding hydrogens is 390 g/mol. The predicted octanol–water partition coefficient (Wildman–Crippen LogP) is 2.16. The van der Waals surface area contributed by atoms with E-state index in [4.69, 9.17) is 21.1 Å². The summed E-state index contributed by atoms with van der Waals surface area (Å²) < 4.78 is 11.4. The molecule has 8 heteroatoms. The van der Waals surface area contributed by atoms with Gasteiger partial charge >= 0.3 is 0 Å². The van der Waals surface area contributed by atoms with Crippen molar-refractivity contribution in [3.05, 3.63) is 47.2 Å². The molecule has 2 fully saturated rings. The Labute approximate surface area is 177 Å². The highest BCUT2D eigenvalue weighted by atomic mass is 35.5. The maximum atomic E-state index is 6.00. The van der Waals surface area contributed by atoms with Crippen LogP contribution in [0.5, 0.6) is 5.88 Å². The first-order valence-corrected chi connectivity index (χ1v) is 10.6. The first kappa shape index (κ1) is 20.3. The van der Waals surface area contributed by atoms with Crippen LogP contribution in [0.2, 0.25) is 5.02 Å². The van der Waals surface area contributed by atoms with Crippen LogP contribution in [-0.2, 0) is 11.3 Å². The molecule has 2 saturated heterocycles. The number of nitrogens with zero attached hydrogens (tertiary/aromatic N) is 5. The van der Waals surface area contributed by atoms with Crippen LogP contribution >= 0.6 is 11.6 Å². The maximum absolute atomic E-state index is 6.00. The normalized spacial score (nSPS) is 18.7. The number of halogens is 1. The molecule has 0 spiro atoms. The number of morpholine rings is 1. The van der Waals surface area contributed by atoms with E-state index >= 15 is 0 Å². The lowest BCUT2D eigenvalue weighted by Gasteiger charge is -2.35. The molecule has 0 radical (unpaired) electrons. The monoisotopic (exact) mass is 417 g/mol. The van der Waals surface area contributed by atoms with Crippen LogP contribution in [0.1, 0.15) is 5.56 Å². The molecule has 0 bridgehead atoms. The Morgan fingerprint density at radius 2 is 1.62 bits per heavy atom. The van der Waals surface area contributed by atoms with Crippen molar-refractivity contribution >= 4 is 17.4 Å². The summed E-state index contributed by atoms with van der Waals surface area (Å²) in [5.74, 6) is 1.48. The van der Waals surface area contributed by atoms with E-state index in [1.54, 1.807) is 12.4 Å². The molecular formula is C21H28ClN5O2. The van der Waals surface area contributed by atoms with E-state index in [0.29, 0.717) is 12.5 Å². The fraction of sp³-hybridized carbons (Fsp3) is 0.524. The molecule has 29 heavy (non-hydrogen) atoms. The minimum absolute atomic E-state index is 0.613. The molecule has 2 aliphatic heterocycles. The first-order valence-electron chi connectivity index (χ1n) is 10.2. The van der Waals surface area contributed by atoms with Crippen LogP contribution in [0.25, 0.3) is 0 Å². The quantitative estimate of drug-likeness (QED) is 0.684. The summed E-state index contributed by atoms with van der Waals surface area (Å²) in [5.41, 5.74) is 1.29. The van der Waals surface area contributed by atoms with Gasteiger partial charge in [0.15, 0.2) is 5.82 Å². The Morgan fingerprint density at radius 1 is 0.897 bits per heavy atom. The molecule has 2 aliphatic rings. The van der Waals surface area contributed by atoms with Crippen molar-refractivity contribution in [1.29, 1.82) is 0 Å². The molecule has 0 amide bonds. The van der Waals surface area contributed by atoms with Gasteiger partial charge in [0.1, 0.15) is 6.61 Å². The number of anilines is 1. The van der Waals surface area contributed by atoms with Gasteiger partial charge in [0.25, 0.3) is 5.88 Å². The number of benzene rings is 1. The van der Waals surface area contributed by atoms with E-state index in [0.717, 1.165) is 76.4 Å². The van der Waals surface area contributed by atoms with Gasteiger partial charge in [-0.2, -0.15) is 0 Å². The zero-order valence-corrected chi connectivity index (χ0v) is 17.4. The van der Waals surface area contributed by atoms with Gasteiger partial charge < -0.3 is 14.4 Å². The van der Waals surface area contributed by atoms with Gasteiger partial charge in [-0.15, -0.1) is 0 Å². The number of aromatic nitrogens is 2. The Balaban J connectivity index is 1.28. The molecule has 0 aliphatic carbocycles. The predicted molar refractivity (Wildman–Crippen MR) is 114 cm³/mol. The summed E-state index contributed by atoms with van der Waals surface area (Å²) in [5, 5.41) is 0.780. The number of piperazine rings is 1. The van der Waals surface area contributed by atoms with Gasteiger partial charge in [0, 0.05) is 69.8 Å². The second kappa shape index (κ2) is 10.2. The molecule has 0 atom stereocenters. The molecule has 1 aromatic heterocycles. The van der Waals surface area contributed by atoms with Gasteiger partial charge in [-0.25, -0.2) is 9.97 Å². The summed E-state index contributed by atoms with van der Waals surface area (Å²) in [6.07, 6.45) is 3.44. The number of hydrogen-bond acceptors (Lipinski definition) is 7. The summed E-state index contributed by atoms with van der Waals surface area (Å²) in [6.45, 7) is 9.74. The van der Waals surface area contributed by atoms with Crippen LogP contribution in [0.4, 0.5) is 5.82 Å². The van der Waals surface area contributed by atoms with E-state index in [-0.39, 0.29) is 0 Å². The van der Waals surface area contributed by atoms with Crippen LogP contribution in [0, 0.1) is 0 Å². The number of rotatable bonds is 7. The van der Waals surface area contributed by atoms with Crippen LogP contribution in [-0.4, -0.2) is 85.4 Å². The van der Waals surface area contributed by atoms with Gasteiger partial charge in [-0.1, -0.05) is 23.7 Å². The molecule has 2 aromatic rings. The molecule has 4 rings (SSSR count). The smallest absolute Gasteiger partial charge is 0.257 e. The fourth-order valence-corrected chi connectivity index (χ4v) is 3.82. The van der Waals surface area contributed by atoms with Crippen molar-refractivity contribution < 1.29 is 9.47 Å². The summed E-state index contributed by atoms with van der Waals surface area (Å²) in [7, 11) is 0. The van der Waals surface area contributed by atoms with Crippen LogP contribution in [0.15, 0.2) is 36.7 Å². The highest BCUT2D eigenvalue weighted by Gasteiger charge is 2.22. The molecule has 7 nitrogen and oxygen atoms in total. The average molecular weight is 418 g/mol. The number of hydrogen-bond donors (Lipinski definition) is 0. The lowest BCUT2D eigenvalue weighted by molar-refractivity contribution is 0.0320. The van der Waals surface area contributed by atoms with Crippen LogP contribution in [0.3, 0.4) is 0 Å². The molecule has 0 saturated carbocycles. The van der Waals surface area contributed by atoms with Gasteiger partial charge in [0.05, 0.1) is 13.2 Å². The Morgan fingerprint density at radius 3 is 2.38 bits per heavy atom. The second-order valence-electron chi connectivity index (χ2n) is 7.38. The van der Waals surface area contributed by atoms with E-state index in [2.05, 4.69) is 36.8 Å². The summed E-state index contributed by atoms with van der Waals surface area (Å²) in [6, 6.07) is 8.09. The van der Waals surface area contributed by atoms with E-state index in [1.807, 2.05) is 12.1 Å². The molecule has 3 heterocycles. The third-order valence-electron chi connectivity index (χ3n) is 5.39. The van der Waals surface area contributed by atoms with Crippen molar-refractivity contribution in [1.82, 2.24) is 19.8 Å². The third kappa shape index (κ3) is 5.79. The lowest BCUT2D eigenvalue weighted by atomic mass is 10.2. The first-order chi connectivity index (χ1) is 14.3. The van der Waals surface area contributed by atoms with Crippen molar-refractivity contribution in [2.75, 3.05) is 70.5 Å². The zero-order chi connectivity index (χ0) is 19.9. The number of ether oxygens (including phenoxy) is 2. The largest absolute Gasteiger partial charge is 0.474 e. The van der Waals surface area contributed by atoms with E-state index in [9.17, 15) is 0 Å². The SMILES string of the molecule is Clc1ccc(CN2CCN(c3nccnc3OCCN3CCOCC3)CC2)cc1. The minimum Gasteiger partial charge on any atom is -0.474 e. The highest BCUT2D eigenvalue weighted by Crippen LogP contribution is 2.24. The maximum Gasteiger partial charge on any atom is 0.257 e. The van der Waals surface area contributed by atoms with Crippen molar-refractivity contribution in [3.63, 3.8) is 0 Å². The third-order valence-corrected chi connectivity index (χ3v) is 5.64. The van der Waals surface area contributed by atoms with Gasteiger partial charge in [0.2, 0.25) is 0 Å². The topological polar surface area (TPSA) is 54.0 Å². The Bertz CT molecular complexity index is 762. The van der Waals surface area contributed by atoms with Crippen molar-refractivity contribution in [3.8, 4) is 5.88 Å². The molecule has 156 valence electrons. The minimum atomic E-state index is 0.613. The van der Waals surface area contributed by atoms with E-state index in [1.165, 1.54) is 5.56 Å². The van der Waals surface area contributed by atoms with E-state index < -0.39 is 0 Å². The van der Waals surface area contributed by atoms with Gasteiger partial charge in [-0.05, 0) is 17.7 Å². The summed E-state index contributed by atoms with van der Waals surface area (Å²) in [4.78, 5) is 16.1. The van der Waals surface area contributed by atoms with Crippen molar-refractivity contribution in [2.24, 2.45) is 0 Å². The molecule has 0 N–H and O–H groups in total. The standard InChI is InChI=1S/C21H28ClN5O2/c22-19-3-1-18(2-4-19)17-26-7-9-27(10-8-26)20-21(24-6-5-23-20)29-16-13-25-11-14-28-15-12-25/h1-6H,7-17H2. The fourth-order valence-electron chi connectivity index (χ4n) is 3.70. The summed E-state index contributed by atoms with van der Waals surface area (Å²) >= 11 is 5.98. The highest BCUT2D eigenvalue weighted by molar-refractivity contribution is 6.30. The molecule has 0 unspecified atom stereocenters. The van der Waals surface area contributed by atoms with Crippen LogP contribution < -0.4 is 9.64 Å². The van der Waals surface area contributed by atoms with Crippen molar-refractivity contribution in [2.45, 2.75) is 6.54 Å². The van der Waals surface area contributed by atoms with Gasteiger partial charge in [-0.3, -0.25) is 9.80 Å².